The number of anilines is 1. The summed E-state index contributed by atoms with van der Waals surface area (Å²) in [5, 5.41) is 6.44. The van der Waals surface area contributed by atoms with E-state index in [1.165, 1.54) is 16.7 Å². The summed E-state index contributed by atoms with van der Waals surface area (Å²) in [7, 11) is -3.08. The van der Waals surface area contributed by atoms with Gasteiger partial charge < -0.3 is 11.1 Å². The fourth-order valence-corrected chi connectivity index (χ4v) is 4.01. The fourth-order valence-electron chi connectivity index (χ4n) is 2.01. The first-order valence-corrected chi connectivity index (χ1v) is 8.92. The Balaban J connectivity index is 1.62. The van der Waals surface area contributed by atoms with Crippen LogP contribution in [0.1, 0.15) is 18.5 Å². The number of allylic oxidation sites excluding steroid dienone is 1. The molecule has 1 aliphatic heterocycles. The minimum absolute atomic E-state index is 0.0402. The number of thiazole rings is 1. The van der Waals surface area contributed by atoms with Gasteiger partial charge in [-0.2, -0.15) is 0 Å². The van der Waals surface area contributed by atoms with Crippen LogP contribution in [0.5, 0.6) is 0 Å². The highest BCUT2D eigenvalue weighted by molar-refractivity contribution is 7.94. The second kappa shape index (κ2) is 6.36. The minimum atomic E-state index is -3.08. The summed E-state index contributed by atoms with van der Waals surface area (Å²) in [4.78, 5) is 15.8. The van der Waals surface area contributed by atoms with Crippen LogP contribution in [0.3, 0.4) is 0 Å². The summed E-state index contributed by atoms with van der Waals surface area (Å²) in [5.41, 5.74) is 6.46. The second-order valence-corrected chi connectivity index (χ2v) is 7.57. The molecule has 1 atom stereocenters. The molecule has 0 saturated heterocycles. The zero-order chi connectivity index (χ0) is 14.6. The first kappa shape index (κ1) is 15.0. The van der Waals surface area contributed by atoms with Gasteiger partial charge in [0.05, 0.1) is 11.4 Å². The molecule has 1 amide bonds. The second-order valence-electron chi connectivity index (χ2n) is 4.75. The summed E-state index contributed by atoms with van der Waals surface area (Å²) >= 11 is 1.40. The maximum Gasteiger partial charge on any atom is 0.220 e. The zero-order valence-electron chi connectivity index (χ0n) is 10.9. The Morgan fingerprint density at radius 2 is 2.35 bits per heavy atom. The minimum Gasteiger partial charge on any atom is -0.375 e. The lowest BCUT2D eigenvalue weighted by Crippen LogP contribution is -2.27. The van der Waals surface area contributed by atoms with Crippen molar-refractivity contribution >= 4 is 32.2 Å². The zero-order valence-corrected chi connectivity index (χ0v) is 12.5. The Hall–Kier alpha value is -1.41. The van der Waals surface area contributed by atoms with Crippen LogP contribution in [-0.4, -0.2) is 31.6 Å². The van der Waals surface area contributed by atoms with Crippen LogP contribution >= 0.6 is 11.3 Å². The topological polar surface area (TPSA) is 102 Å². The lowest BCUT2D eigenvalue weighted by Gasteiger charge is -2.07. The van der Waals surface area contributed by atoms with E-state index < -0.39 is 9.84 Å². The third-order valence-electron chi connectivity index (χ3n) is 2.95. The van der Waals surface area contributed by atoms with Crippen LogP contribution in [0.2, 0.25) is 0 Å². The fraction of sp³-hybridized carbons (Fsp3) is 0.500. The van der Waals surface area contributed by atoms with Crippen molar-refractivity contribution in [2.45, 2.75) is 19.3 Å². The van der Waals surface area contributed by atoms with E-state index in [1.54, 1.807) is 6.08 Å². The summed E-state index contributed by atoms with van der Waals surface area (Å²) in [6.07, 6.45) is 3.37. The molecule has 2 heterocycles. The SMILES string of the molecule is Nc1nc(CCCNC(=O)C[C@H]2C=CS(=O)(=O)C2)cs1. The average molecular weight is 315 g/mol. The highest BCUT2D eigenvalue weighted by Gasteiger charge is 2.23. The number of carbonyl (C=O) groups is 1. The van der Waals surface area contributed by atoms with Crippen molar-refractivity contribution in [2.24, 2.45) is 5.92 Å². The Morgan fingerprint density at radius 1 is 1.55 bits per heavy atom. The molecule has 0 saturated carbocycles. The van der Waals surface area contributed by atoms with Crippen LogP contribution in [0, 0.1) is 5.92 Å². The van der Waals surface area contributed by atoms with Gasteiger partial charge in [-0.1, -0.05) is 6.08 Å². The first-order chi connectivity index (χ1) is 9.44. The molecule has 6 nitrogen and oxygen atoms in total. The van der Waals surface area contributed by atoms with E-state index in [9.17, 15) is 13.2 Å². The van der Waals surface area contributed by atoms with E-state index in [0.29, 0.717) is 11.7 Å². The molecule has 1 aliphatic rings. The van der Waals surface area contributed by atoms with Crippen molar-refractivity contribution in [1.82, 2.24) is 10.3 Å². The summed E-state index contributed by atoms with van der Waals surface area (Å²) in [5.74, 6) is -0.272. The highest BCUT2D eigenvalue weighted by Crippen LogP contribution is 2.18. The molecule has 0 unspecified atom stereocenters. The molecule has 0 spiro atoms. The standard InChI is InChI=1S/C12H17N3O3S2/c13-12-15-10(7-19-12)2-1-4-14-11(16)6-9-3-5-20(17,18)8-9/h3,5,7,9H,1-2,4,6,8H2,(H2,13,15)(H,14,16)/t9-/m1/s1. The molecular weight excluding hydrogens is 298 g/mol. The Morgan fingerprint density at radius 3 is 2.95 bits per heavy atom. The van der Waals surface area contributed by atoms with Crippen molar-refractivity contribution in [3.05, 3.63) is 22.6 Å². The predicted molar refractivity (Wildman–Crippen MR) is 78.9 cm³/mol. The van der Waals surface area contributed by atoms with Crippen molar-refractivity contribution in [3.63, 3.8) is 0 Å². The van der Waals surface area contributed by atoms with Crippen LogP contribution < -0.4 is 11.1 Å². The monoisotopic (exact) mass is 315 g/mol. The quantitative estimate of drug-likeness (QED) is 0.753. The van der Waals surface area contributed by atoms with Gasteiger partial charge in [-0.3, -0.25) is 4.79 Å². The number of nitrogens with one attached hydrogen (secondary N) is 1. The van der Waals surface area contributed by atoms with Crippen LogP contribution in [0.15, 0.2) is 16.9 Å². The molecule has 1 aromatic heterocycles. The number of hydrogen-bond donors (Lipinski definition) is 2. The number of carbonyl (C=O) groups excluding carboxylic acids is 1. The number of sulfone groups is 1. The maximum atomic E-state index is 11.7. The van der Waals surface area contributed by atoms with Crippen LogP contribution in [-0.2, 0) is 21.1 Å². The number of aryl methyl sites for hydroxylation is 1. The normalized spacial score (nSPS) is 20.1. The van der Waals surface area contributed by atoms with Gasteiger partial charge in [0.1, 0.15) is 0 Å². The molecule has 20 heavy (non-hydrogen) atoms. The Labute approximate surface area is 122 Å². The molecule has 0 fully saturated rings. The molecule has 0 radical (unpaired) electrons. The van der Waals surface area contributed by atoms with Crippen molar-refractivity contribution in [1.29, 1.82) is 0 Å². The number of nitrogens with zero attached hydrogens (tertiary/aromatic N) is 1. The molecule has 8 heteroatoms. The van der Waals surface area contributed by atoms with Gasteiger partial charge in [0.25, 0.3) is 0 Å². The third-order valence-corrected chi connectivity index (χ3v) is 5.14. The number of rotatable bonds is 6. The smallest absolute Gasteiger partial charge is 0.220 e. The maximum absolute atomic E-state index is 11.7. The molecule has 3 N–H and O–H groups in total. The predicted octanol–water partition coefficient (Wildman–Crippen LogP) is 0.723. The van der Waals surface area contributed by atoms with Crippen LogP contribution in [0.25, 0.3) is 0 Å². The number of hydrogen-bond acceptors (Lipinski definition) is 6. The summed E-state index contributed by atoms with van der Waals surface area (Å²) < 4.78 is 22.4. The van der Waals surface area contributed by atoms with Crippen molar-refractivity contribution in [2.75, 3.05) is 18.0 Å². The Bertz CT molecular complexity index is 607. The van der Waals surface area contributed by atoms with E-state index in [-0.39, 0.29) is 24.0 Å². The third kappa shape index (κ3) is 4.61. The summed E-state index contributed by atoms with van der Waals surface area (Å²) in [6, 6.07) is 0. The largest absolute Gasteiger partial charge is 0.375 e. The van der Waals surface area contributed by atoms with Gasteiger partial charge in [-0.05, 0) is 12.8 Å². The van der Waals surface area contributed by atoms with E-state index in [2.05, 4.69) is 10.3 Å². The van der Waals surface area contributed by atoms with E-state index in [1.807, 2.05) is 5.38 Å². The lowest BCUT2D eigenvalue weighted by atomic mass is 10.1. The number of nitrogen functional groups attached to an aromatic ring is 1. The highest BCUT2D eigenvalue weighted by atomic mass is 32.2. The summed E-state index contributed by atoms with van der Waals surface area (Å²) in [6.45, 7) is 0.555. The molecule has 0 bridgehead atoms. The number of nitrogens with two attached hydrogens (primary N) is 1. The van der Waals surface area contributed by atoms with Gasteiger partial charge in [-0.25, -0.2) is 13.4 Å². The first-order valence-electron chi connectivity index (χ1n) is 6.32. The molecule has 0 aromatic carbocycles. The van der Waals surface area contributed by atoms with E-state index in [4.69, 9.17) is 5.73 Å². The van der Waals surface area contributed by atoms with E-state index in [0.717, 1.165) is 18.5 Å². The van der Waals surface area contributed by atoms with Gasteiger partial charge in [-0.15, -0.1) is 11.3 Å². The van der Waals surface area contributed by atoms with Gasteiger partial charge in [0, 0.05) is 29.7 Å². The van der Waals surface area contributed by atoms with Gasteiger partial charge in [0.2, 0.25) is 5.91 Å². The molecule has 1 aromatic rings. The molecular formula is C12H17N3O3S2. The molecule has 0 aliphatic carbocycles. The van der Waals surface area contributed by atoms with E-state index >= 15 is 0 Å². The molecule has 2 rings (SSSR count). The van der Waals surface area contributed by atoms with Gasteiger partial charge >= 0.3 is 0 Å². The van der Waals surface area contributed by atoms with Crippen molar-refractivity contribution in [3.8, 4) is 0 Å². The number of amides is 1. The number of aromatic nitrogens is 1. The van der Waals surface area contributed by atoms with Gasteiger partial charge in [0.15, 0.2) is 15.0 Å². The molecule has 110 valence electrons. The van der Waals surface area contributed by atoms with Crippen LogP contribution in [0.4, 0.5) is 5.13 Å². The Kier molecular flexibility index (Phi) is 4.77. The van der Waals surface area contributed by atoms with Crippen molar-refractivity contribution < 1.29 is 13.2 Å². The lowest BCUT2D eigenvalue weighted by molar-refractivity contribution is -0.121. The average Bonchev–Trinajstić information content (AvgIpc) is 2.91.